The number of carbonyl (C=O) groups excluding carboxylic acids is 6. The Hall–Kier alpha value is -4.36. The van der Waals surface area contributed by atoms with Crippen molar-refractivity contribution < 1.29 is 97.9 Å². The number of alkyl halides is 2. The van der Waals surface area contributed by atoms with Gasteiger partial charge in [-0.2, -0.15) is 0 Å². The number of esters is 4. The van der Waals surface area contributed by atoms with Gasteiger partial charge >= 0.3 is 31.5 Å². The zero-order valence-electron chi connectivity index (χ0n) is 43.5. The fraction of sp³-hybridized carbons (Fsp3) is 0.519. The van der Waals surface area contributed by atoms with Crippen molar-refractivity contribution in [3.8, 4) is 0 Å². The molecule has 2 heterocycles. The molecule has 3 aromatic rings. The number of rotatable bonds is 15. The van der Waals surface area contributed by atoms with E-state index in [2.05, 4.69) is 10.4 Å². The second-order valence-electron chi connectivity index (χ2n) is 20.3. The number of hydrogen-bond donors (Lipinski definition) is 5. The number of hydrogen-bond acceptors (Lipinski definition) is 16. The molecule has 2 aliphatic heterocycles. The van der Waals surface area contributed by atoms with Crippen LogP contribution >= 0.6 is 30.9 Å². The van der Waals surface area contributed by atoms with Crippen LogP contribution in [0, 0.1) is 16.7 Å². The van der Waals surface area contributed by atoms with Gasteiger partial charge in [0.2, 0.25) is 0 Å². The van der Waals surface area contributed by atoms with Gasteiger partial charge in [0.05, 0.1) is 42.3 Å². The summed E-state index contributed by atoms with van der Waals surface area (Å²) >= 11 is 11.1. The van der Waals surface area contributed by atoms with E-state index >= 15 is 4.79 Å². The number of halogens is 2. The fourth-order valence-electron chi connectivity index (χ4n) is 11.5. The van der Waals surface area contributed by atoms with Crippen molar-refractivity contribution in [2.24, 2.45) is 16.7 Å². The molecule has 5 aliphatic rings. The molecule has 2 saturated heterocycles. The Morgan fingerprint density at radius 3 is 2.05 bits per heavy atom. The molecule has 0 radical (unpaired) electrons. The van der Waals surface area contributed by atoms with E-state index in [0.717, 1.165) is 26.8 Å². The Labute approximate surface area is 471 Å². The third-order valence-electron chi connectivity index (χ3n) is 15.4. The van der Waals surface area contributed by atoms with Gasteiger partial charge in [-0.25, -0.2) is 19.3 Å². The molecular weight excluding hydrogens is 1240 g/mol. The molecule has 3 aromatic carbocycles. The molecule has 1 amide bonds. The van der Waals surface area contributed by atoms with E-state index in [-0.39, 0.29) is 56.4 Å². The van der Waals surface area contributed by atoms with Crippen molar-refractivity contribution in [2.45, 2.75) is 115 Å². The normalized spacial score (nSPS) is 31.0. The number of Topliss-reactive ketones (excluding diaryl/α,β-unsaturated/α-hetero) is 1. The second kappa shape index (κ2) is 25.4. The zero-order valence-corrected chi connectivity index (χ0v) is 48.1. The van der Waals surface area contributed by atoms with E-state index in [1.165, 1.54) is 26.0 Å². The number of nitrogens with one attached hydrogen (secondary N) is 2. The predicted molar refractivity (Wildman–Crippen MR) is 277 cm³/mol. The monoisotopic (exact) mass is 1310 g/mol. The van der Waals surface area contributed by atoms with Crippen LogP contribution in [0.2, 0.25) is 0 Å². The van der Waals surface area contributed by atoms with Gasteiger partial charge in [-0.15, -0.1) is 23.2 Å². The van der Waals surface area contributed by atoms with E-state index in [0.29, 0.717) is 37.0 Å². The summed E-state index contributed by atoms with van der Waals surface area (Å²) in [5.74, 6) is -5.97. The first-order valence-electron chi connectivity index (χ1n) is 25.1. The van der Waals surface area contributed by atoms with Gasteiger partial charge in [-0.1, -0.05) is 80.6 Å². The van der Waals surface area contributed by atoms with Crippen LogP contribution in [0.5, 0.6) is 0 Å². The number of benzene rings is 3. The molecule has 0 spiro atoms. The minimum absolute atomic E-state index is 0. The number of ether oxygens (including phenoxy) is 5. The maximum Gasteiger partial charge on any atom is 0.343 e. The van der Waals surface area contributed by atoms with Crippen molar-refractivity contribution >= 4 is 66.4 Å². The van der Waals surface area contributed by atoms with E-state index in [4.69, 9.17) is 51.4 Å². The molecule has 12 atom stereocenters. The summed E-state index contributed by atoms with van der Waals surface area (Å²) in [6.45, 7) is 10.3. The largest absolute Gasteiger partial charge is 0.456 e. The van der Waals surface area contributed by atoms with Gasteiger partial charge < -0.3 is 48.8 Å². The maximum atomic E-state index is 15.5. The Morgan fingerprint density at radius 1 is 0.883 bits per heavy atom. The maximum absolute atomic E-state index is 15.5. The van der Waals surface area contributed by atoms with Gasteiger partial charge in [0, 0.05) is 90.1 Å². The standard InChI is InChI=1S/C47H51NO14.C7H15Cl2N2O2P.Pt/c1-25-31(60-43(56)36(52)35(28-16-10-7-11-17-28)48-41(54)29-18-12-8-13-19-29)23-47(57)40(61-42(55)30-20-14-9-15-21-30)38-45(6,32(51)22-33-46(38,24-58-33)62-27(3)50)39(53)37(59-26(2)49)34(25)44(47,4)5;8-2-4-10-14(12)11(6-3-9)5-1-7-13-14;/h7-21,31-33,35-38,40,51-52,57H,22-24H2,1-6H3,(H,48,54);1-7H2,(H,10,12);/t31-,32-,33+,35-,36+,37+,38-,40-,45+,46-,47+;;/m0../s1. The molecule has 2 saturated carbocycles. The molecule has 5 N–H and O–H groups in total. The van der Waals surface area contributed by atoms with Crippen LogP contribution in [-0.4, -0.2) is 148 Å². The Kier molecular flexibility index (Phi) is 20.4. The first-order chi connectivity index (χ1) is 36.0. The van der Waals surface area contributed by atoms with Crippen LogP contribution in [0.25, 0.3) is 0 Å². The van der Waals surface area contributed by atoms with Crippen LogP contribution in [0.3, 0.4) is 0 Å². The minimum Gasteiger partial charge on any atom is -0.456 e. The summed E-state index contributed by atoms with van der Waals surface area (Å²) < 4.78 is 49.5. The first kappa shape index (κ1) is 61.8. The Balaban J connectivity index is 0.000000557. The third kappa shape index (κ3) is 12.2. The van der Waals surface area contributed by atoms with E-state index in [1.54, 1.807) is 97.4 Å². The number of aliphatic hydroxyl groups excluding tert-OH is 2. The minimum atomic E-state index is -2.84. The van der Waals surface area contributed by atoms with Crippen molar-refractivity contribution in [1.82, 2.24) is 15.1 Å². The summed E-state index contributed by atoms with van der Waals surface area (Å²) in [6, 6.07) is 22.9. The van der Waals surface area contributed by atoms with Gasteiger partial charge in [0.25, 0.3) is 5.91 Å². The van der Waals surface area contributed by atoms with Crippen LogP contribution in [0.1, 0.15) is 93.1 Å². The Bertz CT molecular complexity index is 2710. The SMILES string of the molecule is CC(=O)O[C@H]1C(=O)[C@@]2(C)[C@H]([C@H](OC(=O)c3ccccc3)[C@]3(O)C[C@H](OC(=O)[C@H](O)[C@@H](NC(=O)c4ccccc4)c4ccccc4)C(C)=C1C3(C)C)[C@]1(OC(C)=O)CO[C@@H]1C[C@@H]2O.O=P1(NCCCl)OCCCN1CCCl.[Pt]. The van der Waals surface area contributed by atoms with Crippen molar-refractivity contribution in [2.75, 3.05) is 44.6 Å². The Morgan fingerprint density at radius 2 is 1.49 bits per heavy atom. The molecule has 4 fully saturated rings. The number of carbonyl (C=O) groups is 6. The number of fused-ring (bicyclic) bond motifs is 5. The summed E-state index contributed by atoms with van der Waals surface area (Å²) in [4.78, 5) is 83.5. The van der Waals surface area contributed by atoms with E-state index in [1.807, 2.05) is 0 Å². The van der Waals surface area contributed by atoms with E-state index in [9.17, 15) is 43.9 Å². The van der Waals surface area contributed by atoms with Crippen LogP contribution < -0.4 is 10.4 Å². The zero-order chi connectivity index (χ0) is 55.4. The molecular formula is C54H66Cl2N3O16PPt. The molecule has 8 rings (SSSR count). The van der Waals surface area contributed by atoms with Crippen LogP contribution in [-0.2, 0) is 73.0 Å². The number of nitrogens with zero attached hydrogens (tertiary/aromatic N) is 1. The van der Waals surface area contributed by atoms with Gasteiger partial charge in [-0.3, -0.25) is 23.7 Å². The number of aliphatic hydroxyl groups is 3. The van der Waals surface area contributed by atoms with Crippen LogP contribution in [0.15, 0.2) is 102 Å². The summed E-state index contributed by atoms with van der Waals surface area (Å²) in [6.07, 6.45) is -9.62. The van der Waals surface area contributed by atoms with Crippen molar-refractivity contribution in [3.05, 3.63) is 119 Å². The average Bonchev–Trinajstić information content (AvgIpc) is 3.58. The quantitative estimate of drug-likeness (QED) is 0.0407. The number of amides is 1. The van der Waals surface area contributed by atoms with Gasteiger partial charge in [0.15, 0.2) is 23.6 Å². The molecule has 2 bridgehead atoms. The third-order valence-corrected chi connectivity index (χ3v) is 18.1. The predicted octanol–water partition coefficient (Wildman–Crippen LogP) is 5.62. The molecule has 23 heteroatoms. The molecule has 3 aliphatic carbocycles. The molecule has 0 aromatic heterocycles. The van der Waals surface area contributed by atoms with E-state index < -0.39 is 120 Å². The van der Waals surface area contributed by atoms with Crippen LogP contribution in [0.4, 0.5) is 0 Å². The molecule has 1 unspecified atom stereocenters. The van der Waals surface area contributed by atoms with Gasteiger partial charge in [0.1, 0.15) is 23.9 Å². The molecule has 19 nitrogen and oxygen atoms in total. The topological polar surface area (TPSA) is 263 Å². The van der Waals surface area contributed by atoms with Gasteiger partial charge in [-0.05, 0) is 61.2 Å². The average molecular weight is 1310 g/mol. The number of ketones is 1. The van der Waals surface area contributed by atoms with Crippen molar-refractivity contribution in [1.29, 1.82) is 0 Å². The molecule has 422 valence electrons. The summed E-state index contributed by atoms with van der Waals surface area (Å²) in [7, 11) is -2.84. The smallest absolute Gasteiger partial charge is 0.343 e. The summed E-state index contributed by atoms with van der Waals surface area (Å²) in [5, 5.41) is 43.1. The molecule has 77 heavy (non-hydrogen) atoms. The second-order valence-corrected chi connectivity index (χ2v) is 23.2. The summed E-state index contributed by atoms with van der Waals surface area (Å²) in [5.41, 5.74) is -7.02. The van der Waals surface area contributed by atoms with Crippen molar-refractivity contribution in [3.63, 3.8) is 0 Å². The first-order valence-corrected chi connectivity index (χ1v) is 27.7. The fourth-order valence-corrected chi connectivity index (χ4v) is 14.0.